The van der Waals surface area contributed by atoms with Crippen molar-refractivity contribution in [1.82, 2.24) is 0 Å². The molecule has 2 N–H and O–H groups in total. The van der Waals surface area contributed by atoms with Gasteiger partial charge in [0.1, 0.15) is 5.75 Å². The third kappa shape index (κ3) is 6.37. The van der Waals surface area contributed by atoms with E-state index in [1.54, 1.807) is 18.2 Å². The van der Waals surface area contributed by atoms with E-state index in [1.165, 1.54) is 6.08 Å². The summed E-state index contributed by atoms with van der Waals surface area (Å²) < 4.78 is 11.4. The molecule has 0 aliphatic carbocycles. The van der Waals surface area contributed by atoms with Crippen molar-refractivity contribution < 1.29 is 19.4 Å². The van der Waals surface area contributed by atoms with Crippen LogP contribution in [0.5, 0.6) is 17.2 Å². The van der Waals surface area contributed by atoms with E-state index < -0.39 is 0 Å². The quantitative estimate of drug-likeness (QED) is 0.519. The molecule has 0 aromatic heterocycles. The molecule has 2 rings (SSSR count). The van der Waals surface area contributed by atoms with E-state index in [0.717, 1.165) is 11.1 Å². The van der Waals surface area contributed by atoms with Gasteiger partial charge >= 0.3 is 0 Å². The van der Waals surface area contributed by atoms with E-state index in [2.05, 4.69) is 19.2 Å². The summed E-state index contributed by atoms with van der Waals surface area (Å²) in [5.74, 6) is 1.48. The van der Waals surface area contributed by atoms with Gasteiger partial charge in [-0.1, -0.05) is 26.0 Å². The lowest BCUT2D eigenvalue weighted by atomic mass is 10.1. The Hall–Kier alpha value is -2.95. The van der Waals surface area contributed by atoms with E-state index in [9.17, 15) is 9.90 Å². The zero-order valence-electron chi connectivity index (χ0n) is 16.3. The van der Waals surface area contributed by atoms with E-state index in [4.69, 9.17) is 9.47 Å². The van der Waals surface area contributed by atoms with Gasteiger partial charge in [-0.2, -0.15) is 0 Å². The first kappa shape index (κ1) is 20.4. The van der Waals surface area contributed by atoms with Crippen molar-refractivity contribution in [2.24, 2.45) is 5.92 Å². The molecule has 0 heterocycles. The Labute approximate surface area is 160 Å². The minimum atomic E-state index is -0.327. The molecule has 144 valence electrons. The van der Waals surface area contributed by atoms with E-state index in [1.807, 2.05) is 38.1 Å². The molecule has 0 fully saturated rings. The maximum atomic E-state index is 12.1. The second-order valence-electron chi connectivity index (χ2n) is 6.69. The second kappa shape index (κ2) is 9.67. The number of carbonyl (C=O) groups excluding carboxylic acids is 1. The van der Waals surface area contributed by atoms with Gasteiger partial charge in [-0.05, 0) is 61.2 Å². The summed E-state index contributed by atoms with van der Waals surface area (Å²) in [6.07, 6.45) is 3.11. The Balaban J connectivity index is 2.08. The van der Waals surface area contributed by atoms with Crippen molar-refractivity contribution >= 4 is 17.7 Å². The number of rotatable bonds is 8. The molecule has 0 atom stereocenters. The van der Waals surface area contributed by atoms with Gasteiger partial charge in [0, 0.05) is 6.08 Å². The molecule has 0 aliphatic rings. The molecular formula is C22H27NO4. The molecule has 0 aliphatic heterocycles. The fourth-order valence-electron chi connectivity index (χ4n) is 2.37. The summed E-state index contributed by atoms with van der Waals surface area (Å²) in [4.78, 5) is 12.1. The van der Waals surface area contributed by atoms with E-state index in [-0.39, 0.29) is 11.7 Å². The standard InChI is InChI=1S/C22H27NO4/c1-5-26-21-13-17(7-10-20(21)27-14-15(2)3)8-11-22(25)23-18-9-6-16(4)12-19(18)24/h6-13,15,24H,5,14H2,1-4H3,(H,23,25). The molecule has 5 heteroatoms. The molecule has 0 radical (unpaired) electrons. The van der Waals surface area contributed by atoms with Gasteiger partial charge in [-0.25, -0.2) is 0 Å². The van der Waals surface area contributed by atoms with Gasteiger partial charge in [0.15, 0.2) is 11.5 Å². The molecule has 0 unspecified atom stereocenters. The average molecular weight is 369 g/mol. The monoisotopic (exact) mass is 369 g/mol. The molecule has 1 amide bonds. The minimum absolute atomic E-state index is 0.0436. The maximum Gasteiger partial charge on any atom is 0.248 e. The molecule has 27 heavy (non-hydrogen) atoms. The highest BCUT2D eigenvalue weighted by Crippen LogP contribution is 2.29. The first-order valence-corrected chi connectivity index (χ1v) is 9.07. The molecule has 2 aromatic rings. The van der Waals surface area contributed by atoms with Crippen LogP contribution in [-0.4, -0.2) is 24.2 Å². The zero-order valence-corrected chi connectivity index (χ0v) is 16.3. The van der Waals surface area contributed by atoms with Crippen molar-refractivity contribution in [3.8, 4) is 17.2 Å². The minimum Gasteiger partial charge on any atom is -0.506 e. The third-order valence-corrected chi connectivity index (χ3v) is 3.68. The fraction of sp³-hybridized carbons (Fsp3) is 0.318. The number of aryl methyl sites for hydroxylation is 1. The number of nitrogens with one attached hydrogen (secondary N) is 1. The van der Waals surface area contributed by atoms with Crippen molar-refractivity contribution in [2.45, 2.75) is 27.7 Å². The largest absolute Gasteiger partial charge is 0.506 e. The number of benzene rings is 2. The van der Waals surface area contributed by atoms with Crippen molar-refractivity contribution in [3.63, 3.8) is 0 Å². The molecular weight excluding hydrogens is 342 g/mol. The highest BCUT2D eigenvalue weighted by atomic mass is 16.5. The van der Waals surface area contributed by atoms with E-state index >= 15 is 0 Å². The topological polar surface area (TPSA) is 67.8 Å². The number of hydrogen-bond acceptors (Lipinski definition) is 4. The summed E-state index contributed by atoms with van der Waals surface area (Å²) in [7, 11) is 0. The van der Waals surface area contributed by atoms with Crippen LogP contribution in [-0.2, 0) is 4.79 Å². The number of hydrogen-bond donors (Lipinski definition) is 2. The Bertz CT molecular complexity index is 812. The van der Waals surface area contributed by atoms with Crippen LogP contribution in [0, 0.1) is 12.8 Å². The maximum absolute atomic E-state index is 12.1. The normalized spacial score (nSPS) is 11.0. The van der Waals surface area contributed by atoms with E-state index in [0.29, 0.717) is 36.3 Å². The smallest absolute Gasteiger partial charge is 0.248 e. The second-order valence-corrected chi connectivity index (χ2v) is 6.69. The highest BCUT2D eigenvalue weighted by Gasteiger charge is 2.08. The van der Waals surface area contributed by atoms with Crippen LogP contribution in [0.1, 0.15) is 31.9 Å². The molecule has 2 aromatic carbocycles. The molecule has 0 saturated heterocycles. The number of amides is 1. The summed E-state index contributed by atoms with van der Waals surface area (Å²) in [5, 5.41) is 12.5. The summed E-state index contributed by atoms with van der Waals surface area (Å²) in [6.45, 7) is 9.09. The van der Waals surface area contributed by atoms with Gasteiger partial charge < -0.3 is 19.9 Å². The summed E-state index contributed by atoms with van der Waals surface area (Å²) in [5.41, 5.74) is 2.12. The lowest BCUT2D eigenvalue weighted by Crippen LogP contribution is -2.08. The lowest BCUT2D eigenvalue weighted by molar-refractivity contribution is -0.111. The first-order valence-electron chi connectivity index (χ1n) is 9.07. The van der Waals surface area contributed by atoms with Crippen LogP contribution >= 0.6 is 0 Å². The van der Waals surface area contributed by atoms with Crippen molar-refractivity contribution in [1.29, 1.82) is 0 Å². The Morgan fingerprint density at radius 3 is 2.59 bits per heavy atom. The molecule has 0 spiro atoms. The van der Waals surface area contributed by atoms with Crippen LogP contribution in [0.25, 0.3) is 6.08 Å². The van der Waals surface area contributed by atoms with Gasteiger partial charge in [0.2, 0.25) is 5.91 Å². The predicted octanol–water partition coefficient (Wildman–Crippen LogP) is 4.79. The fourth-order valence-corrected chi connectivity index (χ4v) is 2.37. The Kier molecular flexibility index (Phi) is 7.29. The molecule has 0 saturated carbocycles. The number of ether oxygens (including phenoxy) is 2. The molecule has 0 bridgehead atoms. The first-order chi connectivity index (χ1) is 12.9. The number of carbonyl (C=O) groups is 1. The summed E-state index contributed by atoms with van der Waals surface area (Å²) in [6, 6.07) is 10.6. The zero-order chi connectivity index (χ0) is 19.8. The van der Waals surface area contributed by atoms with Crippen LogP contribution in [0.2, 0.25) is 0 Å². The van der Waals surface area contributed by atoms with Crippen LogP contribution in [0.4, 0.5) is 5.69 Å². The summed E-state index contributed by atoms with van der Waals surface area (Å²) >= 11 is 0. The molecule has 5 nitrogen and oxygen atoms in total. The SMILES string of the molecule is CCOc1cc(C=CC(=O)Nc2ccc(C)cc2O)ccc1OCC(C)C. The van der Waals surface area contributed by atoms with Crippen LogP contribution < -0.4 is 14.8 Å². The predicted molar refractivity (Wildman–Crippen MR) is 108 cm³/mol. The number of phenolic OH excluding ortho intramolecular Hbond substituents is 1. The van der Waals surface area contributed by atoms with Crippen LogP contribution in [0.3, 0.4) is 0 Å². The Morgan fingerprint density at radius 2 is 1.93 bits per heavy atom. The van der Waals surface area contributed by atoms with Crippen molar-refractivity contribution in [2.75, 3.05) is 18.5 Å². The average Bonchev–Trinajstić information content (AvgIpc) is 2.61. The third-order valence-electron chi connectivity index (χ3n) is 3.68. The van der Waals surface area contributed by atoms with Gasteiger partial charge in [0.05, 0.1) is 18.9 Å². The number of anilines is 1. The highest BCUT2D eigenvalue weighted by molar-refractivity contribution is 6.02. The number of aromatic hydroxyl groups is 1. The lowest BCUT2D eigenvalue weighted by Gasteiger charge is -2.14. The van der Waals surface area contributed by atoms with Crippen molar-refractivity contribution in [3.05, 3.63) is 53.6 Å². The Morgan fingerprint density at radius 1 is 1.15 bits per heavy atom. The van der Waals surface area contributed by atoms with Gasteiger partial charge in [-0.3, -0.25) is 4.79 Å². The number of phenols is 1. The van der Waals surface area contributed by atoms with Gasteiger partial charge in [0.25, 0.3) is 0 Å². The van der Waals surface area contributed by atoms with Crippen LogP contribution in [0.15, 0.2) is 42.5 Å². The van der Waals surface area contributed by atoms with Gasteiger partial charge in [-0.15, -0.1) is 0 Å².